The molecule has 6 rings (SSSR count). The van der Waals surface area contributed by atoms with Gasteiger partial charge in [-0.05, 0) is 48.9 Å². The maximum Gasteiger partial charge on any atom is 0.326 e. The normalized spacial score (nSPS) is 15.0. The predicted molar refractivity (Wildman–Crippen MR) is 181 cm³/mol. The zero-order valence-electron chi connectivity index (χ0n) is 27.0. The number of piperazine rings is 1. The van der Waals surface area contributed by atoms with Crippen LogP contribution in [-0.4, -0.2) is 90.3 Å². The number of carboxylic acids is 1. The van der Waals surface area contributed by atoms with E-state index in [-0.39, 0.29) is 25.1 Å². The first-order valence-electron chi connectivity index (χ1n) is 15.8. The van der Waals surface area contributed by atoms with Gasteiger partial charge in [-0.15, -0.1) is 11.3 Å². The summed E-state index contributed by atoms with van der Waals surface area (Å²) in [5.74, 6) is 0.438. The molecule has 0 radical (unpaired) electrons. The fourth-order valence-electron chi connectivity index (χ4n) is 5.71. The van der Waals surface area contributed by atoms with Crippen LogP contribution in [0.3, 0.4) is 0 Å². The first kappa shape index (κ1) is 31.4. The number of aliphatic carboxylic acids is 1. The number of aromatic nitrogens is 2. The van der Waals surface area contributed by atoms with Crippen LogP contribution in [0.5, 0.6) is 11.5 Å². The highest BCUT2D eigenvalue weighted by Crippen LogP contribution is 2.49. The van der Waals surface area contributed by atoms with Crippen LogP contribution >= 0.6 is 22.9 Å². The summed E-state index contributed by atoms with van der Waals surface area (Å²) in [7, 11) is 1.82. The standard InChI is InChI=1S/C34H35ClFN5O5S/c1-20-22(8-9-25(30(20)35)45-17-16-41-14-12-40(2)13-15-41)28-29-32(37-19-38-33(29)47-31(28)26-10-11-27(36)46-26)39-23(34(42)43)18-21-6-4-5-7-24(21)44-3/h4-11,19,23H,12-18H2,1-3H3,(H,42,43)(H,37,38,39)/t23-/m0/s1/i3D. The van der Waals surface area contributed by atoms with Gasteiger partial charge in [0.25, 0.3) is 6.01 Å². The van der Waals surface area contributed by atoms with Crippen LogP contribution < -0.4 is 14.8 Å². The molecule has 0 aliphatic carbocycles. The number of nitrogens with zero attached hydrogens (tertiary/aromatic N) is 4. The topological polar surface area (TPSA) is 113 Å². The Morgan fingerprint density at radius 3 is 2.72 bits per heavy atom. The molecule has 0 spiro atoms. The Hall–Kier alpha value is -4.23. The van der Waals surface area contributed by atoms with Crippen molar-refractivity contribution in [2.45, 2.75) is 19.4 Å². The van der Waals surface area contributed by atoms with E-state index in [1.54, 1.807) is 30.3 Å². The Kier molecular flexibility index (Phi) is 9.52. The molecule has 10 nitrogen and oxygen atoms in total. The van der Waals surface area contributed by atoms with Crippen LogP contribution in [0.25, 0.3) is 32.0 Å². The van der Waals surface area contributed by atoms with E-state index in [9.17, 15) is 14.3 Å². The second kappa shape index (κ2) is 14.3. The minimum absolute atomic E-state index is 0.0533. The number of furan rings is 1. The van der Waals surface area contributed by atoms with Crippen LogP contribution in [0, 0.1) is 12.9 Å². The van der Waals surface area contributed by atoms with Gasteiger partial charge in [-0.2, -0.15) is 4.39 Å². The number of anilines is 1. The molecule has 1 fully saturated rings. The maximum absolute atomic E-state index is 14.2. The van der Waals surface area contributed by atoms with Gasteiger partial charge in [-0.25, -0.2) is 14.8 Å². The first-order valence-corrected chi connectivity index (χ1v) is 16.3. The Labute approximate surface area is 282 Å². The van der Waals surface area contributed by atoms with Crippen molar-refractivity contribution < 1.29 is 29.6 Å². The molecule has 1 aliphatic heterocycles. The van der Waals surface area contributed by atoms with E-state index >= 15 is 0 Å². The highest BCUT2D eigenvalue weighted by atomic mass is 35.5. The lowest BCUT2D eigenvalue weighted by molar-refractivity contribution is -0.137. The second-order valence-corrected chi connectivity index (χ2v) is 12.7. The summed E-state index contributed by atoms with van der Waals surface area (Å²) in [6, 6.07) is 11.6. The molecular weight excluding hydrogens is 645 g/mol. The summed E-state index contributed by atoms with van der Waals surface area (Å²) in [4.78, 5) is 27.3. The number of halogens is 2. The number of carboxylic acid groups (broad SMARTS) is 1. The Morgan fingerprint density at radius 1 is 1.17 bits per heavy atom. The highest BCUT2D eigenvalue weighted by Gasteiger charge is 2.28. The zero-order valence-corrected chi connectivity index (χ0v) is 27.5. The summed E-state index contributed by atoms with van der Waals surface area (Å²) in [5, 5.41) is 14.3. The second-order valence-electron chi connectivity index (χ2n) is 11.3. The minimum Gasteiger partial charge on any atom is -0.496 e. The van der Waals surface area contributed by atoms with Gasteiger partial charge in [0, 0.05) is 50.8 Å². The fraction of sp³-hybridized carbons (Fsp3) is 0.324. The number of para-hydroxylation sites is 1. The molecular formula is C34H35ClFN5O5S. The molecule has 4 heterocycles. The van der Waals surface area contributed by atoms with Gasteiger partial charge >= 0.3 is 5.97 Å². The Morgan fingerprint density at radius 2 is 1.98 bits per heavy atom. The molecule has 1 saturated heterocycles. The monoisotopic (exact) mass is 680 g/mol. The van der Waals surface area contributed by atoms with E-state index < -0.39 is 18.0 Å². The lowest BCUT2D eigenvalue weighted by Crippen LogP contribution is -2.45. The van der Waals surface area contributed by atoms with Crippen molar-refractivity contribution in [3.8, 4) is 33.3 Å². The summed E-state index contributed by atoms with van der Waals surface area (Å²) >= 11 is 8.20. The molecule has 1 aliphatic rings. The molecule has 0 amide bonds. The van der Waals surface area contributed by atoms with Gasteiger partial charge in [-0.3, -0.25) is 4.90 Å². The van der Waals surface area contributed by atoms with E-state index in [1.165, 1.54) is 23.7 Å². The minimum atomic E-state index is -1.11. The van der Waals surface area contributed by atoms with Crippen molar-refractivity contribution in [1.82, 2.24) is 19.8 Å². The van der Waals surface area contributed by atoms with Gasteiger partial charge in [0.1, 0.15) is 46.9 Å². The van der Waals surface area contributed by atoms with Gasteiger partial charge in [0.05, 0.1) is 23.7 Å². The molecule has 1 atom stereocenters. The number of hydrogen-bond donors (Lipinski definition) is 2. The number of thiophene rings is 1. The Balaban J connectivity index is 1.37. The summed E-state index contributed by atoms with van der Waals surface area (Å²) < 4.78 is 38.6. The van der Waals surface area contributed by atoms with Crippen molar-refractivity contribution in [2.75, 3.05) is 58.8 Å². The molecule has 2 N–H and O–H groups in total. The number of rotatable bonds is 12. The third-order valence-electron chi connectivity index (χ3n) is 8.33. The average Bonchev–Trinajstić information content (AvgIpc) is 3.68. The van der Waals surface area contributed by atoms with Crippen LogP contribution in [0.1, 0.15) is 12.5 Å². The van der Waals surface area contributed by atoms with Crippen LogP contribution in [0.4, 0.5) is 10.2 Å². The SMILES string of the molecule is [2H]COc1ccccc1C[C@H](Nc1ncnc2sc(-c3ccc(F)o3)c(-c3ccc(OCCN4CCN(C)CC4)c(Cl)c3C)c12)C(=O)O. The molecule has 13 heteroatoms. The highest BCUT2D eigenvalue weighted by molar-refractivity contribution is 7.22. The largest absolute Gasteiger partial charge is 0.496 e. The van der Waals surface area contributed by atoms with Crippen LogP contribution in [0.15, 0.2) is 59.3 Å². The third kappa shape index (κ3) is 7.05. The predicted octanol–water partition coefficient (Wildman–Crippen LogP) is 6.46. The zero-order chi connectivity index (χ0) is 33.8. The van der Waals surface area contributed by atoms with Gasteiger partial charge in [0.2, 0.25) is 0 Å². The molecule has 246 valence electrons. The quantitative estimate of drug-likeness (QED) is 0.152. The van der Waals surface area contributed by atoms with Crippen molar-refractivity contribution in [2.24, 2.45) is 0 Å². The number of fused-ring (bicyclic) bond motifs is 1. The Bertz CT molecular complexity index is 1910. The number of methoxy groups -OCH3 is 1. The molecule has 2 aromatic carbocycles. The average molecular weight is 681 g/mol. The van der Waals surface area contributed by atoms with Gasteiger partial charge < -0.3 is 29.2 Å². The molecule has 3 aromatic heterocycles. The summed E-state index contributed by atoms with van der Waals surface area (Å²) in [5.41, 5.74) is 2.67. The summed E-state index contributed by atoms with van der Waals surface area (Å²) in [6.07, 6.45) is 1.41. The van der Waals surface area contributed by atoms with Crippen molar-refractivity contribution in [3.63, 3.8) is 0 Å². The van der Waals surface area contributed by atoms with Crippen molar-refractivity contribution >= 4 is 44.9 Å². The lowest BCUT2D eigenvalue weighted by Gasteiger charge is -2.32. The lowest BCUT2D eigenvalue weighted by atomic mass is 9.97. The smallest absolute Gasteiger partial charge is 0.326 e. The van der Waals surface area contributed by atoms with E-state index in [4.69, 9.17) is 26.9 Å². The maximum atomic E-state index is 14.2. The van der Waals surface area contributed by atoms with Crippen LogP contribution in [-0.2, 0) is 11.2 Å². The van der Waals surface area contributed by atoms with Crippen molar-refractivity contribution in [3.05, 3.63) is 77.0 Å². The van der Waals surface area contributed by atoms with Crippen molar-refractivity contribution in [1.29, 1.82) is 0 Å². The number of likely N-dealkylation sites (N-methyl/N-ethyl adjacent to an activating group) is 1. The number of nitrogens with one attached hydrogen (secondary N) is 1. The molecule has 5 aromatic rings. The molecule has 0 bridgehead atoms. The number of benzene rings is 2. The number of hydrogen-bond acceptors (Lipinski definition) is 10. The molecule has 0 unspecified atom stereocenters. The van der Waals surface area contributed by atoms with E-state index in [1.807, 2.05) is 19.1 Å². The summed E-state index contributed by atoms with van der Waals surface area (Å²) in [6.45, 7) is 7.15. The van der Waals surface area contributed by atoms with E-state index in [2.05, 4.69) is 32.1 Å². The van der Waals surface area contributed by atoms with E-state index in [0.29, 0.717) is 60.5 Å². The number of ether oxygens (including phenoxy) is 2. The van der Waals surface area contributed by atoms with Crippen LogP contribution in [0.2, 0.25) is 5.02 Å². The molecule has 0 saturated carbocycles. The number of carbonyl (C=O) groups is 1. The molecule has 47 heavy (non-hydrogen) atoms. The van der Waals surface area contributed by atoms with E-state index in [0.717, 1.165) is 32.7 Å². The van der Waals surface area contributed by atoms with Gasteiger partial charge in [-0.1, -0.05) is 35.9 Å². The first-order chi connectivity index (χ1) is 23.2. The fourth-order valence-corrected chi connectivity index (χ4v) is 7.04. The third-order valence-corrected chi connectivity index (χ3v) is 9.91. The van der Waals surface area contributed by atoms with Gasteiger partial charge in [0.15, 0.2) is 0 Å².